The molecule has 2 aromatic rings. The Labute approximate surface area is 152 Å². The molecule has 7 heteroatoms. The van der Waals surface area contributed by atoms with Crippen molar-refractivity contribution in [2.75, 3.05) is 43.5 Å². The summed E-state index contributed by atoms with van der Waals surface area (Å²) in [5.74, 6) is 1.35. The maximum Gasteiger partial charge on any atom is 0.227 e. The van der Waals surface area contributed by atoms with Gasteiger partial charge in [0.2, 0.25) is 5.95 Å². The van der Waals surface area contributed by atoms with E-state index >= 15 is 0 Å². The molecule has 0 aliphatic carbocycles. The summed E-state index contributed by atoms with van der Waals surface area (Å²) in [4.78, 5) is 13.9. The summed E-state index contributed by atoms with van der Waals surface area (Å²) in [5, 5.41) is 0.774. The van der Waals surface area contributed by atoms with E-state index in [1.54, 1.807) is 0 Å². The molecule has 2 N–H and O–H groups in total. The Morgan fingerprint density at radius 3 is 2.80 bits per heavy atom. The molecule has 2 aliphatic rings. The molecule has 0 unspecified atom stereocenters. The Morgan fingerprint density at radius 1 is 1.16 bits per heavy atom. The van der Waals surface area contributed by atoms with E-state index in [9.17, 15) is 0 Å². The molecule has 2 aliphatic heterocycles. The topological polar surface area (TPSA) is 67.5 Å². The number of anilines is 2. The van der Waals surface area contributed by atoms with Crippen LogP contribution in [0, 0.1) is 0 Å². The van der Waals surface area contributed by atoms with E-state index in [-0.39, 0.29) is 0 Å². The Balaban J connectivity index is 1.53. The van der Waals surface area contributed by atoms with E-state index in [4.69, 9.17) is 27.1 Å². The Bertz CT molecular complexity index is 763. The number of ether oxygens (including phenoxy) is 1. The number of rotatable bonds is 3. The molecule has 0 bridgehead atoms. The lowest BCUT2D eigenvalue weighted by Gasteiger charge is -2.31. The minimum Gasteiger partial charge on any atom is -0.383 e. The number of hydrogen-bond donors (Lipinski definition) is 1. The zero-order valence-electron chi connectivity index (χ0n) is 14.1. The summed E-state index contributed by atoms with van der Waals surface area (Å²) >= 11 is 6.10. The van der Waals surface area contributed by atoms with Crippen molar-refractivity contribution >= 4 is 23.4 Å². The summed E-state index contributed by atoms with van der Waals surface area (Å²) in [6, 6.07) is 8.02. The van der Waals surface area contributed by atoms with E-state index in [1.165, 1.54) is 5.56 Å². The second kappa shape index (κ2) is 7.15. The van der Waals surface area contributed by atoms with Gasteiger partial charge in [0.25, 0.3) is 0 Å². The van der Waals surface area contributed by atoms with Gasteiger partial charge in [-0.15, -0.1) is 0 Å². The van der Waals surface area contributed by atoms with Gasteiger partial charge in [0, 0.05) is 43.3 Å². The van der Waals surface area contributed by atoms with Gasteiger partial charge >= 0.3 is 0 Å². The molecule has 132 valence electrons. The van der Waals surface area contributed by atoms with Crippen molar-refractivity contribution in [3.05, 3.63) is 46.1 Å². The Kier molecular flexibility index (Phi) is 4.74. The van der Waals surface area contributed by atoms with Gasteiger partial charge in [-0.2, -0.15) is 4.98 Å². The van der Waals surface area contributed by atoms with Crippen LogP contribution in [0.4, 0.5) is 11.8 Å². The maximum atomic E-state index is 6.22. The van der Waals surface area contributed by atoms with Crippen LogP contribution in [0.1, 0.15) is 16.8 Å². The van der Waals surface area contributed by atoms with Gasteiger partial charge in [0.1, 0.15) is 5.82 Å². The van der Waals surface area contributed by atoms with Crippen molar-refractivity contribution in [2.45, 2.75) is 19.5 Å². The maximum absolute atomic E-state index is 6.22. The molecule has 1 fully saturated rings. The average molecular weight is 360 g/mol. The van der Waals surface area contributed by atoms with Gasteiger partial charge in [-0.05, 0) is 24.1 Å². The first-order valence-electron chi connectivity index (χ1n) is 8.64. The summed E-state index contributed by atoms with van der Waals surface area (Å²) in [7, 11) is 0. The van der Waals surface area contributed by atoms with Crippen molar-refractivity contribution in [1.29, 1.82) is 0 Å². The molecule has 1 saturated heterocycles. The summed E-state index contributed by atoms with van der Waals surface area (Å²) in [6.45, 7) is 5.63. The fraction of sp³-hybridized carbons (Fsp3) is 0.444. The summed E-state index contributed by atoms with van der Waals surface area (Å²) < 4.78 is 5.41. The van der Waals surface area contributed by atoms with Crippen LogP contribution in [0.5, 0.6) is 0 Å². The lowest BCUT2D eigenvalue weighted by atomic mass is 10.0. The normalized spacial score (nSPS) is 18.2. The van der Waals surface area contributed by atoms with Crippen LogP contribution in [-0.2, 0) is 24.2 Å². The number of hydrogen-bond acceptors (Lipinski definition) is 6. The van der Waals surface area contributed by atoms with E-state index in [1.807, 2.05) is 18.2 Å². The van der Waals surface area contributed by atoms with Crippen molar-refractivity contribution in [3.63, 3.8) is 0 Å². The number of nitrogens with two attached hydrogens (primary N) is 1. The first-order chi connectivity index (χ1) is 12.2. The lowest BCUT2D eigenvalue weighted by Crippen LogP contribution is -2.38. The lowest BCUT2D eigenvalue weighted by molar-refractivity contribution is 0.122. The van der Waals surface area contributed by atoms with Crippen molar-refractivity contribution in [1.82, 2.24) is 14.9 Å². The molecular formula is C18H22ClN5O. The molecule has 0 spiro atoms. The molecule has 0 amide bonds. The molecule has 0 radical (unpaired) electrons. The highest BCUT2D eigenvalue weighted by Gasteiger charge is 2.23. The van der Waals surface area contributed by atoms with Crippen LogP contribution in [0.2, 0.25) is 5.02 Å². The Morgan fingerprint density at radius 2 is 2.00 bits per heavy atom. The number of benzene rings is 1. The SMILES string of the molecule is Nc1nc(N2CCOCC2)nc2c1CCN(Cc1cccc(Cl)c1)C2. The van der Waals surface area contributed by atoms with Crippen LogP contribution in [0.15, 0.2) is 24.3 Å². The molecule has 0 atom stereocenters. The third kappa shape index (κ3) is 3.71. The van der Waals surface area contributed by atoms with Gasteiger partial charge in [0.15, 0.2) is 0 Å². The number of fused-ring (bicyclic) bond motifs is 1. The fourth-order valence-corrected chi connectivity index (χ4v) is 3.65. The van der Waals surface area contributed by atoms with Gasteiger partial charge in [-0.1, -0.05) is 23.7 Å². The van der Waals surface area contributed by atoms with Gasteiger partial charge in [-0.25, -0.2) is 4.98 Å². The van der Waals surface area contributed by atoms with Crippen molar-refractivity contribution in [3.8, 4) is 0 Å². The quantitative estimate of drug-likeness (QED) is 0.905. The molecule has 1 aromatic heterocycles. The zero-order chi connectivity index (χ0) is 17.2. The van der Waals surface area contributed by atoms with Crippen LogP contribution in [-0.4, -0.2) is 47.7 Å². The summed E-state index contributed by atoms with van der Waals surface area (Å²) in [5.41, 5.74) is 9.58. The molecule has 4 rings (SSSR count). The minimum atomic E-state index is 0.619. The number of halogens is 1. The summed E-state index contributed by atoms with van der Waals surface area (Å²) in [6.07, 6.45) is 0.880. The van der Waals surface area contributed by atoms with Crippen LogP contribution < -0.4 is 10.6 Å². The third-order valence-corrected chi connectivity index (χ3v) is 4.99. The van der Waals surface area contributed by atoms with E-state index < -0.39 is 0 Å². The molecule has 0 saturated carbocycles. The second-order valence-corrected chi connectivity index (χ2v) is 6.96. The van der Waals surface area contributed by atoms with Crippen LogP contribution in [0.3, 0.4) is 0 Å². The van der Waals surface area contributed by atoms with Crippen LogP contribution >= 0.6 is 11.6 Å². The number of aromatic nitrogens is 2. The highest BCUT2D eigenvalue weighted by molar-refractivity contribution is 6.30. The molecule has 1 aromatic carbocycles. The number of nitrogens with zero attached hydrogens (tertiary/aromatic N) is 4. The monoisotopic (exact) mass is 359 g/mol. The third-order valence-electron chi connectivity index (χ3n) is 4.75. The molecule has 6 nitrogen and oxygen atoms in total. The predicted molar refractivity (Wildman–Crippen MR) is 98.7 cm³/mol. The Hall–Kier alpha value is -1.89. The zero-order valence-corrected chi connectivity index (χ0v) is 14.9. The van der Waals surface area contributed by atoms with Crippen LogP contribution in [0.25, 0.3) is 0 Å². The highest BCUT2D eigenvalue weighted by atomic mass is 35.5. The smallest absolute Gasteiger partial charge is 0.227 e. The highest BCUT2D eigenvalue weighted by Crippen LogP contribution is 2.26. The first-order valence-corrected chi connectivity index (χ1v) is 9.01. The fourth-order valence-electron chi connectivity index (χ4n) is 3.43. The van der Waals surface area contributed by atoms with Gasteiger partial charge in [-0.3, -0.25) is 4.90 Å². The van der Waals surface area contributed by atoms with Crippen molar-refractivity contribution < 1.29 is 4.74 Å². The number of nitrogen functional groups attached to an aromatic ring is 1. The largest absolute Gasteiger partial charge is 0.383 e. The second-order valence-electron chi connectivity index (χ2n) is 6.52. The standard InChI is InChI=1S/C18H22ClN5O/c19-14-3-1-2-13(10-14)11-23-5-4-15-16(12-23)21-18(22-17(15)20)24-6-8-25-9-7-24/h1-3,10H,4-9,11-12H2,(H2,20,21,22). The average Bonchev–Trinajstić information content (AvgIpc) is 2.62. The van der Waals surface area contributed by atoms with E-state index in [0.29, 0.717) is 19.0 Å². The van der Waals surface area contributed by atoms with E-state index in [2.05, 4.69) is 20.9 Å². The minimum absolute atomic E-state index is 0.619. The molecule has 25 heavy (non-hydrogen) atoms. The predicted octanol–water partition coefficient (Wildman–Crippen LogP) is 2.11. The van der Waals surface area contributed by atoms with Crippen molar-refractivity contribution in [2.24, 2.45) is 0 Å². The van der Waals surface area contributed by atoms with Gasteiger partial charge in [0.05, 0.1) is 18.9 Å². The van der Waals surface area contributed by atoms with E-state index in [0.717, 1.165) is 61.4 Å². The molecule has 3 heterocycles. The van der Waals surface area contributed by atoms with Gasteiger partial charge < -0.3 is 15.4 Å². The molecular weight excluding hydrogens is 338 g/mol. The first kappa shape index (κ1) is 16.6. The number of morpholine rings is 1.